The van der Waals surface area contributed by atoms with E-state index in [2.05, 4.69) is 13.2 Å². The molecule has 0 heterocycles. The van der Waals surface area contributed by atoms with Crippen LogP contribution in [0.4, 0.5) is 0 Å². The molecule has 14 heavy (non-hydrogen) atoms. The lowest BCUT2D eigenvalue weighted by Crippen LogP contribution is -2.52. The van der Waals surface area contributed by atoms with Crippen molar-refractivity contribution in [2.75, 3.05) is 13.1 Å². The molecule has 0 radical (unpaired) electrons. The Kier molecular flexibility index (Phi) is 5.16. The van der Waals surface area contributed by atoms with Crippen molar-refractivity contribution in [1.29, 1.82) is 0 Å². The van der Waals surface area contributed by atoms with E-state index in [0.717, 1.165) is 0 Å². The summed E-state index contributed by atoms with van der Waals surface area (Å²) in [6.07, 6.45) is 4.00. The Morgan fingerprint density at radius 1 is 1.43 bits per heavy atom. The monoisotopic (exact) mass is 196 g/mol. The molecule has 0 rings (SSSR count). The van der Waals surface area contributed by atoms with Crippen LogP contribution >= 0.6 is 0 Å². The number of nitrogens with two attached hydrogens (primary N) is 1. The molecule has 0 aromatic heterocycles. The minimum Gasteiger partial charge on any atom is -0.334 e. The van der Waals surface area contributed by atoms with Crippen molar-refractivity contribution >= 4 is 5.91 Å². The van der Waals surface area contributed by atoms with Gasteiger partial charge in [-0.2, -0.15) is 0 Å². The maximum absolute atomic E-state index is 11.9. The summed E-state index contributed by atoms with van der Waals surface area (Å²) in [5.41, 5.74) is 5.08. The highest BCUT2D eigenvalue weighted by Crippen LogP contribution is 2.09. The second kappa shape index (κ2) is 5.60. The molecule has 80 valence electrons. The first kappa shape index (κ1) is 12.9. The molecule has 0 spiro atoms. The van der Waals surface area contributed by atoms with E-state index in [1.54, 1.807) is 24.0 Å². The quantitative estimate of drug-likeness (QED) is 0.651. The predicted octanol–water partition coefficient (Wildman–Crippen LogP) is 1.31. The number of carbonyl (C=O) groups excluding carboxylic acids is 1. The lowest BCUT2D eigenvalue weighted by atomic mass is 9.98. The van der Waals surface area contributed by atoms with Crippen molar-refractivity contribution in [2.24, 2.45) is 5.73 Å². The van der Waals surface area contributed by atoms with E-state index in [9.17, 15) is 4.79 Å². The van der Waals surface area contributed by atoms with Crippen molar-refractivity contribution in [1.82, 2.24) is 4.90 Å². The van der Waals surface area contributed by atoms with Crippen LogP contribution in [0.2, 0.25) is 0 Å². The highest BCUT2D eigenvalue weighted by Gasteiger charge is 2.29. The summed E-state index contributed by atoms with van der Waals surface area (Å²) in [7, 11) is 0. The zero-order valence-electron chi connectivity index (χ0n) is 9.12. The molecule has 1 atom stereocenters. The molecule has 0 saturated heterocycles. The number of hydrogen-bond acceptors (Lipinski definition) is 2. The maximum atomic E-state index is 11.9. The van der Waals surface area contributed by atoms with Gasteiger partial charge >= 0.3 is 0 Å². The van der Waals surface area contributed by atoms with Crippen LogP contribution in [0.3, 0.4) is 0 Å². The number of nitrogens with zero attached hydrogens (tertiary/aromatic N) is 1. The summed E-state index contributed by atoms with van der Waals surface area (Å²) in [5, 5.41) is 0. The number of carbonyl (C=O) groups is 1. The van der Waals surface area contributed by atoms with Gasteiger partial charge in [-0.3, -0.25) is 4.79 Å². The lowest BCUT2D eigenvalue weighted by Gasteiger charge is -2.29. The number of hydrogen-bond donors (Lipinski definition) is 1. The van der Waals surface area contributed by atoms with Crippen LogP contribution in [0.15, 0.2) is 25.3 Å². The zero-order valence-corrected chi connectivity index (χ0v) is 9.12. The Bertz CT molecular complexity index is 211. The third-order valence-electron chi connectivity index (χ3n) is 2.21. The molecule has 0 aliphatic rings. The average molecular weight is 196 g/mol. The standard InChI is InChI=1S/C11H20N2O/c1-5-8-13(9-6-2)10(14)11(4,12)7-3/h5-6H,1-2,7-9,12H2,3-4H3. The van der Waals surface area contributed by atoms with Crippen LogP contribution in [0.1, 0.15) is 20.3 Å². The Morgan fingerprint density at radius 2 is 1.86 bits per heavy atom. The van der Waals surface area contributed by atoms with Crippen LogP contribution < -0.4 is 5.73 Å². The van der Waals surface area contributed by atoms with Gasteiger partial charge in [0.25, 0.3) is 0 Å². The fourth-order valence-electron chi connectivity index (χ4n) is 1.06. The van der Waals surface area contributed by atoms with E-state index in [0.29, 0.717) is 19.5 Å². The van der Waals surface area contributed by atoms with Gasteiger partial charge in [0.2, 0.25) is 5.91 Å². The first-order valence-electron chi connectivity index (χ1n) is 4.79. The highest BCUT2D eigenvalue weighted by molar-refractivity contribution is 5.85. The van der Waals surface area contributed by atoms with Gasteiger partial charge < -0.3 is 10.6 Å². The molecule has 0 bridgehead atoms. The molecule has 0 aliphatic heterocycles. The molecular formula is C11H20N2O. The van der Waals surface area contributed by atoms with E-state index in [1.807, 2.05) is 6.92 Å². The second-order valence-corrected chi connectivity index (χ2v) is 3.56. The molecular weight excluding hydrogens is 176 g/mol. The van der Waals surface area contributed by atoms with Gasteiger partial charge in [0.1, 0.15) is 0 Å². The van der Waals surface area contributed by atoms with Gasteiger partial charge in [-0.1, -0.05) is 19.1 Å². The number of rotatable bonds is 6. The topological polar surface area (TPSA) is 46.3 Å². The van der Waals surface area contributed by atoms with E-state index in [1.165, 1.54) is 0 Å². The molecule has 1 amide bonds. The van der Waals surface area contributed by atoms with Crippen LogP contribution in [0.5, 0.6) is 0 Å². The molecule has 3 nitrogen and oxygen atoms in total. The molecule has 0 saturated carbocycles. The molecule has 3 heteroatoms. The van der Waals surface area contributed by atoms with E-state index in [-0.39, 0.29) is 5.91 Å². The Hall–Kier alpha value is -1.09. The minimum absolute atomic E-state index is 0.0557. The summed E-state index contributed by atoms with van der Waals surface area (Å²) in [4.78, 5) is 13.5. The van der Waals surface area contributed by atoms with E-state index in [4.69, 9.17) is 5.73 Å². The fourth-order valence-corrected chi connectivity index (χ4v) is 1.06. The van der Waals surface area contributed by atoms with E-state index < -0.39 is 5.54 Å². The maximum Gasteiger partial charge on any atom is 0.242 e. The lowest BCUT2D eigenvalue weighted by molar-refractivity contribution is -0.135. The normalized spacial score (nSPS) is 14.2. The fraction of sp³-hybridized carbons (Fsp3) is 0.545. The summed E-state index contributed by atoms with van der Waals surface area (Å²) in [6, 6.07) is 0. The van der Waals surface area contributed by atoms with Gasteiger partial charge in [0.15, 0.2) is 0 Å². The molecule has 0 aliphatic carbocycles. The Morgan fingerprint density at radius 3 is 2.14 bits per heavy atom. The molecule has 0 aromatic carbocycles. The van der Waals surface area contributed by atoms with Gasteiger partial charge in [-0.25, -0.2) is 0 Å². The van der Waals surface area contributed by atoms with Gasteiger partial charge in [0.05, 0.1) is 5.54 Å². The Labute approximate surface area is 86.3 Å². The van der Waals surface area contributed by atoms with Crippen molar-refractivity contribution < 1.29 is 4.79 Å². The third kappa shape index (κ3) is 3.34. The van der Waals surface area contributed by atoms with Crippen molar-refractivity contribution in [2.45, 2.75) is 25.8 Å². The van der Waals surface area contributed by atoms with Crippen molar-refractivity contribution in [3.63, 3.8) is 0 Å². The molecule has 1 unspecified atom stereocenters. The second-order valence-electron chi connectivity index (χ2n) is 3.56. The summed E-state index contributed by atoms with van der Waals surface area (Å²) in [5.74, 6) is -0.0557. The van der Waals surface area contributed by atoms with Crippen LogP contribution in [-0.2, 0) is 4.79 Å². The first-order valence-corrected chi connectivity index (χ1v) is 4.79. The average Bonchev–Trinajstić information content (AvgIpc) is 2.16. The van der Waals surface area contributed by atoms with Crippen LogP contribution in [0.25, 0.3) is 0 Å². The molecule has 2 N–H and O–H groups in total. The van der Waals surface area contributed by atoms with Crippen LogP contribution in [0, 0.1) is 0 Å². The van der Waals surface area contributed by atoms with Crippen molar-refractivity contribution in [3.8, 4) is 0 Å². The van der Waals surface area contributed by atoms with Gasteiger partial charge in [-0.15, -0.1) is 13.2 Å². The predicted molar refractivity (Wildman–Crippen MR) is 59.9 cm³/mol. The Balaban J connectivity index is 4.56. The smallest absolute Gasteiger partial charge is 0.242 e. The van der Waals surface area contributed by atoms with Gasteiger partial charge in [-0.05, 0) is 13.3 Å². The summed E-state index contributed by atoms with van der Waals surface area (Å²) >= 11 is 0. The SMILES string of the molecule is C=CCN(CC=C)C(=O)C(C)(N)CC. The minimum atomic E-state index is -0.786. The van der Waals surface area contributed by atoms with Gasteiger partial charge in [0, 0.05) is 13.1 Å². The highest BCUT2D eigenvalue weighted by atomic mass is 16.2. The zero-order chi connectivity index (χ0) is 11.2. The van der Waals surface area contributed by atoms with Crippen LogP contribution in [-0.4, -0.2) is 29.4 Å². The largest absolute Gasteiger partial charge is 0.334 e. The summed E-state index contributed by atoms with van der Waals surface area (Å²) < 4.78 is 0. The third-order valence-corrected chi connectivity index (χ3v) is 2.21. The molecule has 0 fully saturated rings. The first-order chi connectivity index (χ1) is 6.49. The molecule has 0 aromatic rings. The number of amides is 1. The van der Waals surface area contributed by atoms with E-state index >= 15 is 0 Å². The van der Waals surface area contributed by atoms with Crippen molar-refractivity contribution in [3.05, 3.63) is 25.3 Å². The summed E-state index contributed by atoms with van der Waals surface area (Å²) in [6.45, 7) is 11.9.